The molecule has 0 spiro atoms. The van der Waals surface area contributed by atoms with Crippen LogP contribution in [0.4, 0.5) is 5.69 Å². The summed E-state index contributed by atoms with van der Waals surface area (Å²) < 4.78 is 1.63. The molecule has 2 aromatic rings. The quantitative estimate of drug-likeness (QED) is 0.593. The first-order chi connectivity index (χ1) is 13.5. The van der Waals surface area contributed by atoms with Crippen molar-refractivity contribution in [1.29, 1.82) is 0 Å². The van der Waals surface area contributed by atoms with Crippen LogP contribution in [-0.2, 0) is 16.1 Å². The van der Waals surface area contributed by atoms with E-state index in [1.807, 2.05) is 18.2 Å². The van der Waals surface area contributed by atoms with Crippen LogP contribution in [-0.4, -0.2) is 53.8 Å². The van der Waals surface area contributed by atoms with Crippen LogP contribution in [0.3, 0.4) is 0 Å². The van der Waals surface area contributed by atoms with Gasteiger partial charge in [-0.2, -0.15) is 0 Å². The Balaban J connectivity index is 1.41. The molecule has 5 nitrogen and oxygen atoms in total. The van der Waals surface area contributed by atoms with Crippen LogP contribution in [0.5, 0.6) is 0 Å². The van der Waals surface area contributed by atoms with Crippen LogP contribution in [0.1, 0.15) is 12.0 Å². The second-order valence-corrected chi connectivity index (χ2v) is 8.95. The molecule has 0 radical (unpaired) electrons. The Morgan fingerprint density at radius 3 is 2.32 bits per heavy atom. The minimum absolute atomic E-state index is 0.121. The third kappa shape index (κ3) is 4.08. The fourth-order valence-corrected chi connectivity index (χ4v) is 5.12. The normalized spacial score (nSPS) is 21.5. The standard InChI is InChI=1S/C21H21Br2N3O2/c22-16-6-7-18(17(23)12-16)26-20(27)13-19(21(26)28)25-10-8-24(9-11-25)14-15-4-2-1-3-5-15/h1-7,12,19H,8-11,13-14H2/t19-/m0/s1. The first-order valence-electron chi connectivity index (χ1n) is 9.35. The molecular weight excluding hydrogens is 486 g/mol. The van der Waals surface area contributed by atoms with Crippen molar-refractivity contribution in [3.05, 3.63) is 63.0 Å². The molecule has 0 aromatic heterocycles. The van der Waals surface area contributed by atoms with Crippen LogP contribution in [0.2, 0.25) is 0 Å². The van der Waals surface area contributed by atoms with Crippen LogP contribution in [0.25, 0.3) is 0 Å². The smallest absolute Gasteiger partial charge is 0.251 e. The van der Waals surface area contributed by atoms with E-state index in [2.05, 4.69) is 65.9 Å². The number of amides is 2. The maximum absolute atomic E-state index is 13.0. The number of carbonyl (C=O) groups excluding carboxylic acids is 2. The van der Waals surface area contributed by atoms with Crippen molar-refractivity contribution >= 4 is 49.4 Å². The molecule has 2 saturated heterocycles. The van der Waals surface area contributed by atoms with Crippen molar-refractivity contribution in [3.8, 4) is 0 Å². The second-order valence-electron chi connectivity index (χ2n) is 7.18. The van der Waals surface area contributed by atoms with E-state index in [-0.39, 0.29) is 24.3 Å². The molecule has 2 aliphatic heterocycles. The molecule has 0 bridgehead atoms. The van der Waals surface area contributed by atoms with Crippen LogP contribution >= 0.6 is 31.9 Å². The third-order valence-corrected chi connectivity index (χ3v) is 6.50. The summed E-state index contributed by atoms with van der Waals surface area (Å²) in [6, 6.07) is 15.6. The topological polar surface area (TPSA) is 43.9 Å². The van der Waals surface area contributed by atoms with E-state index in [0.29, 0.717) is 5.69 Å². The number of halogens is 2. The van der Waals surface area contributed by atoms with Crippen molar-refractivity contribution < 1.29 is 9.59 Å². The molecule has 2 heterocycles. The number of piperazine rings is 1. The van der Waals surface area contributed by atoms with Crippen molar-refractivity contribution in [2.45, 2.75) is 19.0 Å². The molecule has 2 aliphatic rings. The van der Waals surface area contributed by atoms with Gasteiger partial charge in [-0.05, 0) is 39.7 Å². The predicted molar refractivity (Wildman–Crippen MR) is 116 cm³/mol. The highest BCUT2D eigenvalue weighted by Gasteiger charge is 2.43. The first-order valence-corrected chi connectivity index (χ1v) is 10.9. The molecule has 4 rings (SSSR count). The Kier molecular flexibility index (Phi) is 5.96. The molecule has 1 atom stereocenters. The van der Waals surface area contributed by atoms with Gasteiger partial charge in [-0.1, -0.05) is 46.3 Å². The zero-order valence-corrected chi connectivity index (χ0v) is 18.5. The summed E-state index contributed by atoms with van der Waals surface area (Å²) in [5, 5.41) is 0. The van der Waals surface area contributed by atoms with E-state index in [1.54, 1.807) is 6.07 Å². The van der Waals surface area contributed by atoms with Gasteiger partial charge in [-0.15, -0.1) is 0 Å². The molecule has 2 aromatic carbocycles. The summed E-state index contributed by atoms with van der Waals surface area (Å²) in [5.41, 5.74) is 1.91. The molecule has 7 heteroatoms. The summed E-state index contributed by atoms with van der Waals surface area (Å²) in [6.45, 7) is 4.31. The number of rotatable bonds is 4. The SMILES string of the molecule is O=C1C[C@H](N2CCN(Cc3ccccc3)CC2)C(=O)N1c1ccc(Br)cc1Br. The summed E-state index contributed by atoms with van der Waals surface area (Å²) in [5.74, 6) is -0.255. The Hall–Kier alpha value is -1.54. The number of nitrogens with zero attached hydrogens (tertiary/aromatic N) is 3. The van der Waals surface area contributed by atoms with E-state index in [4.69, 9.17) is 0 Å². The number of benzene rings is 2. The van der Waals surface area contributed by atoms with Gasteiger partial charge in [0.25, 0.3) is 5.91 Å². The number of anilines is 1. The molecule has 0 N–H and O–H groups in total. The average Bonchev–Trinajstić information content (AvgIpc) is 2.98. The van der Waals surface area contributed by atoms with E-state index >= 15 is 0 Å². The van der Waals surface area contributed by atoms with E-state index in [9.17, 15) is 9.59 Å². The minimum Gasteiger partial charge on any atom is -0.297 e. The van der Waals surface area contributed by atoms with Gasteiger partial charge in [-0.25, -0.2) is 4.90 Å². The van der Waals surface area contributed by atoms with Crippen molar-refractivity contribution in [3.63, 3.8) is 0 Å². The summed E-state index contributed by atoms with van der Waals surface area (Å²) in [7, 11) is 0. The molecule has 146 valence electrons. The Bertz CT molecular complexity index is 882. The maximum Gasteiger partial charge on any atom is 0.251 e. The van der Waals surface area contributed by atoms with Crippen LogP contribution < -0.4 is 4.90 Å². The number of imide groups is 1. The molecule has 2 fully saturated rings. The van der Waals surface area contributed by atoms with Crippen molar-refractivity contribution in [2.24, 2.45) is 0 Å². The molecular formula is C21H21Br2N3O2. The lowest BCUT2D eigenvalue weighted by atomic mass is 10.1. The number of hydrogen-bond acceptors (Lipinski definition) is 4. The van der Waals surface area contributed by atoms with Crippen molar-refractivity contribution in [2.75, 3.05) is 31.1 Å². The highest BCUT2D eigenvalue weighted by Crippen LogP contribution is 2.34. The third-order valence-electron chi connectivity index (χ3n) is 5.37. The highest BCUT2D eigenvalue weighted by atomic mass is 79.9. The van der Waals surface area contributed by atoms with Crippen LogP contribution in [0, 0.1) is 0 Å². The van der Waals surface area contributed by atoms with Gasteiger partial charge < -0.3 is 0 Å². The lowest BCUT2D eigenvalue weighted by Crippen LogP contribution is -2.52. The lowest BCUT2D eigenvalue weighted by Gasteiger charge is -2.37. The Morgan fingerprint density at radius 2 is 1.64 bits per heavy atom. The summed E-state index contributed by atoms with van der Waals surface area (Å²) in [4.78, 5) is 31.5. The van der Waals surface area contributed by atoms with Gasteiger partial charge in [0.1, 0.15) is 0 Å². The van der Waals surface area contributed by atoms with Gasteiger partial charge in [-0.3, -0.25) is 19.4 Å². The second kappa shape index (κ2) is 8.45. The highest BCUT2D eigenvalue weighted by molar-refractivity contribution is 9.11. The predicted octanol–water partition coefficient (Wildman–Crippen LogP) is 3.66. The summed E-state index contributed by atoms with van der Waals surface area (Å²) in [6.07, 6.45) is 0.250. The molecule has 0 saturated carbocycles. The van der Waals surface area contributed by atoms with Gasteiger partial charge in [0.05, 0.1) is 18.2 Å². The molecule has 0 aliphatic carbocycles. The maximum atomic E-state index is 13.0. The fourth-order valence-electron chi connectivity index (χ4n) is 3.89. The molecule has 2 amide bonds. The zero-order chi connectivity index (χ0) is 19.7. The number of hydrogen-bond donors (Lipinski definition) is 0. The Labute approximate surface area is 181 Å². The largest absolute Gasteiger partial charge is 0.297 e. The average molecular weight is 507 g/mol. The lowest BCUT2D eigenvalue weighted by molar-refractivity contribution is -0.123. The Morgan fingerprint density at radius 1 is 0.929 bits per heavy atom. The molecule has 0 unspecified atom stereocenters. The fraction of sp³-hybridized carbons (Fsp3) is 0.333. The van der Waals surface area contributed by atoms with Crippen LogP contribution in [0.15, 0.2) is 57.5 Å². The summed E-state index contributed by atoms with van der Waals surface area (Å²) >= 11 is 6.88. The molecule has 28 heavy (non-hydrogen) atoms. The van der Waals surface area contributed by atoms with Gasteiger partial charge >= 0.3 is 0 Å². The first kappa shape index (κ1) is 19.8. The zero-order valence-electron chi connectivity index (χ0n) is 15.4. The van der Waals surface area contributed by atoms with Gasteiger partial charge in [0.15, 0.2) is 0 Å². The van der Waals surface area contributed by atoms with E-state index in [0.717, 1.165) is 41.7 Å². The van der Waals surface area contributed by atoms with Crippen molar-refractivity contribution in [1.82, 2.24) is 9.80 Å². The van der Waals surface area contributed by atoms with E-state index < -0.39 is 0 Å². The van der Waals surface area contributed by atoms with E-state index in [1.165, 1.54) is 10.5 Å². The van der Waals surface area contributed by atoms with Gasteiger partial charge in [0.2, 0.25) is 5.91 Å². The monoisotopic (exact) mass is 505 g/mol. The number of carbonyl (C=O) groups is 2. The minimum atomic E-state index is -0.359. The van der Waals surface area contributed by atoms with Gasteiger partial charge in [0, 0.05) is 41.7 Å².